The van der Waals surface area contributed by atoms with E-state index in [1.807, 2.05) is 0 Å². The van der Waals surface area contributed by atoms with Crippen molar-refractivity contribution in [3.63, 3.8) is 0 Å². The fourth-order valence-electron chi connectivity index (χ4n) is 2.91. The molecule has 122 valence electrons. The van der Waals surface area contributed by atoms with Crippen LogP contribution in [0.2, 0.25) is 0 Å². The maximum atomic E-state index is 12.6. The summed E-state index contributed by atoms with van der Waals surface area (Å²) in [5, 5.41) is 2.74. The van der Waals surface area contributed by atoms with Crippen LogP contribution in [-0.4, -0.2) is 44.8 Å². The zero-order chi connectivity index (χ0) is 15.0. The first-order chi connectivity index (χ1) is 10.0. The maximum absolute atomic E-state index is 12.6. The number of halogens is 1. The Morgan fingerprint density at radius 3 is 2.82 bits per heavy atom. The second kappa shape index (κ2) is 6.54. The molecule has 0 bridgehead atoms. The molecule has 1 atom stereocenters. The number of carbonyl (C=O) groups excluding carboxylic acids is 1. The van der Waals surface area contributed by atoms with Gasteiger partial charge in [0, 0.05) is 25.2 Å². The Hall–Kier alpha value is -1.15. The van der Waals surface area contributed by atoms with Crippen LogP contribution in [0.25, 0.3) is 0 Å². The molecule has 0 saturated carbocycles. The Morgan fingerprint density at radius 2 is 2.14 bits per heavy atom. The molecule has 3 N–H and O–H groups in total. The molecule has 0 spiro atoms. The lowest BCUT2D eigenvalue weighted by molar-refractivity contribution is 0.0945. The van der Waals surface area contributed by atoms with Gasteiger partial charge in [-0.1, -0.05) is 6.07 Å². The van der Waals surface area contributed by atoms with Crippen molar-refractivity contribution in [3.8, 4) is 0 Å². The summed E-state index contributed by atoms with van der Waals surface area (Å²) in [5.41, 5.74) is 6.98. The van der Waals surface area contributed by atoms with E-state index in [9.17, 15) is 13.2 Å². The number of hydrogen-bond donors (Lipinski definition) is 2. The van der Waals surface area contributed by atoms with Crippen LogP contribution in [0.1, 0.15) is 22.3 Å². The van der Waals surface area contributed by atoms with Gasteiger partial charge in [-0.15, -0.1) is 12.4 Å². The van der Waals surface area contributed by atoms with E-state index in [-0.39, 0.29) is 29.1 Å². The molecule has 2 heterocycles. The van der Waals surface area contributed by atoms with Gasteiger partial charge >= 0.3 is 0 Å². The number of sulfonamides is 1. The summed E-state index contributed by atoms with van der Waals surface area (Å²) in [5.74, 6) is 0.0234. The molecular formula is C14H20ClN3O3S. The van der Waals surface area contributed by atoms with Crippen LogP contribution in [0.15, 0.2) is 23.1 Å². The molecule has 2 aliphatic heterocycles. The Morgan fingerprint density at radius 1 is 1.36 bits per heavy atom. The molecule has 1 amide bonds. The van der Waals surface area contributed by atoms with Crippen molar-refractivity contribution in [2.24, 2.45) is 11.7 Å². The van der Waals surface area contributed by atoms with Gasteiger partial charge in [-0.25, -0.2) is 8.42 Å². The minimum Gasteiger partial charge on any atom is -0.352 e. The number of carbonyl (C=O) groups is 1. The van der Waals surface area contributed by atoms with Crippen LogP contribution in [0.3, 0.4) is 0 Å². The average molecular weight is 346 g/mol. The largest absolute Gasteiger partial charge is 0.352 e. The lowest BCUT2D eigenvalue weighted by atomic mass is 10.0. The first-order valence-electron chi connectivity index (χ1n) is 7.13. The molecule has 6 nitrogen and oxygen atoms in total. The first kappa shape index (κ1) is 17.2. The second-order valence-corrected chi connectivity index (χ2v) is 7.52. The van der Waals surface area contributed by atoms with Crippen LogP contribution in [0.4, 0.5) is 0 Å². The molecule has 1 aromatic rings. The zero-order valence-corrected chi connectivity index (χ0v) is 13.8. The molecule has 0 radical (unpaired) electrons. The minimum atomic E-state index is -3.54. The summed E-state index contributed by atoms with van der Waals surface area (Å²) in [6.45, 7) is 2.05. The minimum absolute atomic E-state index is 0. The van der Waals surface area contributed by atoms with Gasteiger partial charge in [0.2, 0.25) is 10.0 Å². The van der Waals surface area contributed by atoms with Gasteiger partial charge in [0.05, 0.1) is 4.90 Å². The molecule has 8 heteroatoms. The Balaban J connectivity index is 0.00000176. The van der Waals surface area contributed by atoms with Crippen LogP contribution >= 0.6 is 12.4 Å². The van der Waals surface area contributed by atoms with Crippen molar-refractivity contribution >= 4 is 28.3 Å². The number of rotatable bonds is 3. The molecule has 1 unspecified atom stereocenters. The van der Waals surface area contributed by atoms with E-state index in [1.54, 1.807) is 12.1 Å². The highest BCUT2D eigenvalue weighted by molar-refractivity contribution is 7.89. The number of benzene rings is 1. The quantitative estimate of drug-likeness (QED) is 0.827. The van der Waals surface area contributed by atoms with Gasteiger partial charge in [-0.3, -0.25) is 4.79 Å². The van der Waals surface area contributed by atoms with Crippen molar-refractivity contribution in [1.29, 1.82) is 0 Å². The zero-order valence-electron chi connectivity index (χ0n) is 12.1. The number of amides is 1. The Kier molecular flexibility index (Phi) is 5.11. The van der Waals surface area contributed by atoms with Gasteiger partial charge in [-0.2, -0.15) is 4.31 Å². The molecule has 1 saturated heterocycles. The predicted molar refractivity (Wildman–Crippen MR) is 85.6 cm³/mol. The summed E-state index contributed by atoms with van der Waals surface area (Å²) in [4.78, 5) is 12.0. The van der Waals surface area contributed by atoms with Gasteiger partial charge in [0.15, 0.2) is 0 Å². The molecule has 3 rings (SSSR count). The van der Waals surface area contributed by atoms with Crippen LogP contribution in [0, 0.1) is 5.92 Å². The molecule has 0 aromatic heterocycles. The third-order valence-electron chi connectivity index (χ3n) is 4.23. The van der Waals surface area contributed by atoms with Crippen molar-refractivity contribution < 1.29 is 13.2 Å². The smallest absolute Gasteiger partial charge is 0.251 e. The van der Waals surface area contributed by atoms with Gasteiger partial charge in [-0.05, 0) is 43.0 Å². The van der Waals surface area contributed by atoms with Crippen molar-refractivity contribution in [2.75, 3.05) is 26.2 Å². The average Bonchev–Trinajstić information content (AvgIpc) is 2.97. The third kappa shape index (κ3) is 2.99. The number of nitrogens with zero attached hydrogens (tertiary/aromatic N) is 1. The van der Waals surface area contributed by atoms with Crippen molar-refractivity contribution in [3.05, 3.63) is 29.3 Å². The molecule has 0 aliphatic carbocycles. The molecular weight excluding hydrogens is 326 g/mol. The fourth-order valence-corrected chi connectivity index (χ4v) is 4.47. The number of nitrogens with one attached hydrogen (secondary N) is 1. The molecule has 22 heavy (non-hydrogen) atoms. The van der Waals surface area contributed by atoms with E-state index in [0.29, 0.717) is 31.7 Å². The Labute approximate surface area is 136 Å². The second-order valence-electron chi connectivity index (χ2n) is 5.58. The maximum Gasteiger partial charge on any atom is 0.251 e. The van der Waals surface area contributed by atoms with Gasteiger partial charge < -0.3 is 11.1 Å². The Bertz CT molecular complexity index is 678. The summed E-state index contributed by atoms with van der Waals surface area (Å²) in [6, 6.07) is 4.84. The van der Waals surface area contributed by atoms with E-state index in [1.165, 1.54) is 10.4 Å². The summed E-state index contributed by atoms with van der Waals surface area (Å²) >= 11 is 0. The van der Waals surface area contributed by atoms with E-state index in [2.05, 4.69) is 5.32 Å². The highest BCUT2D eigenvalue weighted by Crippen LogP contribution is 2.26. The van der Waals surface area contributed by atoms with E-state index in [0.717, 1.165) is 18.4 Å². The lowest BCUT2D eigenvalue weighted by Gasteiger charge is -2.20. The van der Waals surface area contributed by atoms with Crippen LogP contribution in [-0.2, 0) is 16.4 Å². The van der Waals surface area contributed by atoms with E-state index < -0.39 is 10.0 Å². The highest BCUT2D eigenvalue weighted by atomic mass is 35.5. The number of fused-ring (bicyclic) bond motifs is 1. The summed E-state index contributed by atoms with van der Waals surface area (Å²) < 4.78 is 26.7. The highest BCUT2D eigenvalue weighted by Gasteiger charge is 2.32. The standard InChI is InChI=1S/C14H19N3O3S.ClH/c15-8-10-4-6-17(9-10)21(19,20)12-2-1-11-3-5-16-14(18)13(11)7-12;/h1-2,7,10H,3-6,8-9,15H2,(H,16,18);1H. The molecule has 1 fully saturated rings. The summed E-state index contributed by atoms with van der Waals surface area (Å²) in [6.07, 6.45) is 1.53. The normalized spacial score (nSPS) is 21.9. The predicted octanol–water partition coefficient (Wildman–Crippen LogP) is 0.364. The molecule has 1 aromatic carbocycles. The number of hydrogen-bond acceptors (Lipinski definition) is 4. The third-order valence-corrected chi connectivity index (χ3v) is 6.09. The monoisotopic (exact) mass is 345 g/mol. The van der Waals surface area contributed by atoms with E-state index in [4.69, 9.17) is 5.73 Å². The molecule has 2 aliphatic rings. The van der Waals surface area contributed by atoms with Gasteiger partial charge in [0.25, 0.3) is 5.91 Å². The first-order valence-corrected chi connectivity index (χ1v) is 8.57. The number of nitrogens with two attached hydrogens (primary N) is 1. The van der Waals surface area contributed by atoms with Crippen LogP contribution in [0.5, 0.6) is 0 Å². The topological polar surface area (TPSA) is 92.5 Å². The van der Waals surface area contributed by atoms with Crippen molar-refractivity contribution in [2.45, 2.75) is 17.7 Å². The van der Waals surface area contributed by atoms with Crippen LogP contribution < -0.4 is 11.1 Å². The SMILES string of the molecule is Cl.NCC1CCN(S(=O)(=O)c2ccc3c(c2)C(=O)NCC3)C1. The fraction of sp³-hybridized carbons (Fsp3) is 0.500. The van der Waals surface area contributed by atoms with Crippen molar-refractivity contribution in [1.82, 2.24) is 9.62 Å². The van der Waals surface area contributed by atoms with E-state index >= 15 is 0 Å². The summed E-state index contributed by atoms with van der Waals surface area (Å²) in [7, 11) is -3.54. The lowest BCUT2D eigenvalue weighted by Crippen LogP contribution is -2.33. The van der Waals surface area contributed by atoms with Gasteiger partial charge in [0.1, 0.15) is 0 Å².